The summed E-state index contributed by atoms with van der Waals surface area (Å²) >= 11 is 0. The summed E-state index contributed by atoms with van der Waals surface area (Å²) in [5, 5.41) is 12.9. The highest BCUT2D eigenvalue weighted by atomic mass is 19.1. The van der Waals surface area contributed by atoms with Crippen LogP contribution in [0.3, 0.4) is 0 Å². The highest BCUT2D eigenvalue weighted by Crippen LogP contribution is 2.11. The van der Waals surface area contributed by atoms with E-state index in [-0.39, 0.29) is 17.7 Å². The maximum absolute atomic E-state index is 13.7. The van der Waals surface area contributed by atoms with E-state index in [0.29, 0.717) is 11.3 Å². The molecule has 0 spiro atoms. The largest absolute Gasteiger partial charge is 0.373 e. The highest BCUT2D eigenvalue weighted by Gasteiger charge is 2.08. The van der Waals surface area contributed by atoms with Crippen LogP contribution in [0.1, 0.15) is 18.1 Å². The van der Waals surface area contributed by atoms with Crippen LogP contribution in [0.5, 0.6) is 0 Å². The van der Waals surface area contributed by atoms with Crippen molar-refractivity contribution in [3.63, 3.8) is 0 Å². The van der Waals surface area contributed by atoms with E-state index in [4.69, 9.17) is 5.26 Å². The zero-order chi connectivity index (χ0) is 15.4. The lowest BCUT2D eigenvalue weighted by molar-refractivity contribution is 0.571. The van der Waals surface area contributed by atoms with Crippen molar-refractivity contribution in [1.82, 2.24) is 9.78 Å². The summed E-state index contributed by atoms with van der Waals surface area (Å²) in [6.45, 7) is 2.72. The van der Waals surface area contributed by atoms with Gasteiger partial charge in [0.1, 0.15) is 5.82 Å². The third kappa shape index (κ3) is 3.26. The molecule has 0 N–H and O–H groups in total. The second kappa shape index (κ2) is 6.18. The van der Waals surface area contributed by atoms with E-state index in [1.165, 1.54) is 28.9 Å². The van der Waals surface area contributed by atoms with Crippen LogP contribution in [0.2, 0.25) is 0 Å². The van der Waals surface area contributed by atoms with Gasteiger partial charge in [-0.2, -0.15) is 10.4 Å². The lowest BCUT2D eigenvalue weighted by Crippen LogP contribution is -2.26. The van der Waals surface area contributed by atoms with E-state index < -0.39 is 5.82 Å². The number of aromatic nitrogens is 2. The molecule has 0 amide bonds. The number of hydrogen-bond acceptors (Lipinski definition) is 4. The number of halogens is 1. The Morgan fingerprint density at radius 3 is 2.81 bits per heavy atom. The molecule has 0 bridgehead atoms. The number of nitrogens with zero attached hydrogens (tertiary/aromatic N) is 4. The molecule has 0 aliphatic carbocycles. The van der Waals surface area contributed by atoms with Crippen molar-refractivity contribution in [2.45, 2.75) is 13.5 Å². The van der Waals surface area contributed by atoms with Gasteiger partial charge in [0.25, 0.3) is 5.56 Å². The molecule has 5 nitrogen and oxygen atoms in total. The van der Waals surface area contributed by atoms with Crippen molar-refractivity contribution in [1.29, 1.82) is 5.26 Å². The Balaban J connectivity index is 2.33. The van der Waals surface area contributed by atoms with Gasteiger partial charge in [0.15, 0.2) is 0 Å². The molecule has 0 saturated carbocycles. The topological polar surface area (TPSA) is 61.9 Å². The second-order valence-corrected chi connectivity index (χ2v) is 4.64. The molecule has 1 aromatic heterocycles. The Morgan fingerprint density at radius 2 is 2.19 bits per heavy atom. The molecule has 21 heavy (non-hydrogen) atoms. The number of nitriles is 1. The molecule has 0 aliphatic heterocycles. The van der Waals surface area contributed by atoms with Gasteiger partial charge < -0.3 is 4.90 Å². The van der Waals surface area contributed by atoms with Gasteiger partial charge >= 0.3 is 0 Å². The van der Waals surface area contributed by atoms with Crippen LogP contribution in [-0.2, 0) is 6.54 Å². The summed E-state index contributed by atoms with van der Waals surface area (Å²) in [6, 6.07) is 7.45. The number of rotatable bonds is 4. The summed E-state index contributed by atoms with van der Waals surface area (Å²) in [4.78, 5) is 13.9. The van der Waals surface area contributed by atoms with Crippen LogP contribution in [0.4, 0.5) is 10.1 Å². The van der Waals surface area contributed by atoms with E-state index >= 15 is 0 Å². The van der Waals surface area contributed by atoms with Gasteiger partial charge in [0.05, 0.1) is 30.1 Å². The maximum Gasteiger partial charge on any atom is 0.269 e. The van der Waals surface area contributed by atoms with Crippen molar-refractivity contribution in [2.75, 3.05) is 18.5 Å². The molecule has 0 saturated heterocycles. The van der Waals surface area contributed by atoms with E-state index in [1.54, 1.807) is 6.20 Å². The first-order chi connectivity index (χ1) is 10.0. The molecule has 1 aromatic carbocycles. The van der Waals surface area contributed by atoms with E-state index in [9.17, 15) is 9.18 Å². The van der Waals surface area contributed by atoms with Crippen molar-refractivity contribution < 1.29 is 4.39 Å². The summed E-state index contributed by atoms with van der Waals surface area (Å²) in [5.41, 5.74) is 1.02. The van der Waals surface area contributed by atoms with Crippen LogP contribution < -0.4 is 10.5 Å². The molecule has 108 valence electrons. The average Bonchev–Trinajstić information content (AvgIpc) is 2.50. The zero-order valence-corrected chi connectivity index (χ0v) is 11.9. The third-order valence-corrected chi connectivity index (χ3v) is 3.27. The predicted octanol–water partition coefficient (Wildman–Crippen LogP) is 1.76. The Morgan fingerprint density at radius 1 is 1.43 bits per heavy atom. The van der Waals surface area contributed by atoms with Crippen LogP contribution in [0, 0.1) is 17.1 Å². The van der Waals surface area contributed by atoms with Gasteiger partial charge in [-0.3, -0.25) is 4.79 Å². The number of anilines is 1. The maximum atomic E-state index is 13.7. The lowest BCUT2D eigenvalue weighted by atomic mass is 10.1. The standard InChI is InChI=1S/C15H15FN4O/c1-3-19(2)13-7-15(21)20(18-9-13)10-12-6-11(8-17)4-5-14(12)16/h4-7,9H,3,10H2,1-2H3. The van der Waals surface area contributed by atoms with Gasteiger partial charge in [-0.1, -0.05) is 0 Å². The molecule has 2 aromatic rings. The molecule has 2 rings (SSSR count). The Kier molecular flexibility index (Phi) is 4.33. The second-order valence-electron chi connectivity index (χ2n) is 4.64. The summed E-state index contributed by atoms with van der Waals surface area (Å²) in [6.07, 6.45) is 1.57. The van der Waals surface area contributed by atoms with E-state index in [0.717, 1.165) is 6.54 Å². The fourth-order valence-electron chi connectivity index (χ4n) is 1.86. The molecular weight excluding hydrogens is 271 g/mol. The quantitative estimate of drug-likeness (QED) is 0.859. The average molecular weight is 286 g/mol. The number of hydrogen-bond donors (Lipinski definition) is 0. The van der Waals surface area contributed by atoms with Crippen molar-refractivity contribution in [3.8, 4) is 6.07 Å². The normalized spacial score (nSPS) is 10.2. The Labute approximate surface area is 121 Å². The van der Waals surface area contributed by atoms with Crippen LogP contribution in [0.15, 0.2) is 35.3 Å². The van der Waals surface area contributed by atoms with E-state index in [1.807, 2.05) is 24.9 Å². The highest BCUT2D eigenvalue weighted by molar-refractivity contribution is 5.41. The minimum Gasteiger partial charge on any atom is -0.373 e. The molecule has 1 heterocycles. The third-order valence-electron chi connectivity index (χ3n) is 3.27. The van der Waals surface area contributed by atoms with E-state index in [2.05, 4.69) is 5.10 Å². The minimum absolute atomic E-state index is 0.00366. The van der Waals surface area contributed by atoms with Crippen LogP contribution >= 0.6 is 0 Å². The van der Waals surface area contributed by atoms with Gasteiger partial charge in [0, 0.05) is 25.2 Å². The number of benzene rings is 1. The lowest BCUT2D eigenvalue weighted by Gasteiger charge is -2.16. The minimum atomic E-state index is -0.461. The first-order valence-electron chi connectivity index (χ1n) is 6.52. The summed E-state index contributed by atoms with van der Waals surface area (Å²) < 4.78 is 14.9. The zero-order valence-electron chi connectivity index (χ0n) is 11.9. The van der Waals surface area contributed by atoms with Gasteiger partial charge in [-0.05, 0) is 25.1 Å². The fourth-order valence-corrected chi connectivity index (χ4v) is 1.86. The molecule has 0 aliphatic rings. The first kappa shape index (κ1) is 14.7. The van der Waals surface area contributed by atoms with Crippen LogP contribution in [-0.4, -0.2) is 23.4 Å². The summed E-state index contributed by atoms with van der Waals surface area (Å²) in [5.74, 6) is -0.461. The van der Waals surface area contributed by atoms with Crippen LogP contribution in [0.25, 0.3) is 0 Å². The predicted molar refractivity (Wildman–Crippen MR) is 77.7 cm³/mol. The monoisotopic (exact) mass is 286 g/mol. The SMILES string of the molecule is CCN(C)c1cnn(Cc2cc(C#N)ccc2F)c(=O)c1. The van der Waals surface area contributed by atoms with Crippen molar-refractivity contribution >= 4 is 5.69 Å². The molecule has 0 radical (unpaired) electrons. The first-order valence-corrected chi connectivity index (χ1v) is 6.52. The fraction of sp³-hybridized carbons (Fsp3) is 0.267. The smallest absolute Gasteiger partial charge is 0.269 e. The molecular formula is C15H15FN4O. The van der Waals surface area contributed by atoms with Crippen molar-refractivity contribution in [2.24, 2.45) is 0 Å². The van der Waals surface area contributed by atoms with Gasteiger partial charge in [0.2, 0.25) is 0 Å². The summed E-state index contributed by atoms with van der Waals surface area (Å²) in [7, 11) is 1.86. The van der Waals surface area contributed by atoms with Gasteiger partial charge in [-0.25, -0.2) is 9.07 Å². The molecule has 0 fully saturated rings. The van der Waals surface area contributed by atoms with Gasteiger partial charge in [-0.15, -0.1) is 0 Å². The Bertz CT molecular complexity index is 748. The molecule has 0 atom stereocenters. The Hall–Kier alpha value is -2.68. The molecule has 6 heteroatoms. The van der Waals surface area contributed by atoms with Crippen molar-refractivity contribution in [3.05, 3.63) is 57.8 Å². The molecule has 0 unspecified atom stereocenters.